The van der Waals surface area contributed by atoms with E-state index >= 15 is 0 Å². The van der Waals surface area contributed by atoms with Gasteiger partial charge in [-0.3, -0.25) is 0 Å². The molecule has 0 radical (unpaired) electrons. The highest BCUT2D eigenvalue weighted by atomic mass is 28.3. The summed E-state index contributed by atoms with van der Waals surface area (Å²) in [6, 6.07) is 31.3. The Morgan fingerprint density at radius 1 is 0.409 bits per heavy atom. The maximum absolute atomic E-state index is 2.42. The molecule has 3 aromatic carbocycles. The molecule has 0 aliphatic carbocycles. The van der Waals surface area contributed by atoms with E-state index in [-0.39, 0.29) is 0 Å². The first-order chi connectivity index (χ1) is 10.8. The molecule has 0 aromatic heterocycles. The van der Waals surface area contributed by atoms with Crippen LogP contribution in [0.25, 0.3) is 0 Å². The number of benzene rings is 3. The second-order valence-electron chi connectivity index (χ2n) is 5.93. The van der Waals surface area contributed by atoms with Crippen molar-refractivity contribution in [3.8, 4) is 0 Å². The van der Waals surface area contributed by atoms with Gasteiger partial charge >= 0.3 is 0 Å². The predicted octanol–water partition coefficient (Wildman–Crippen LogP) is 1.63. The van der Waals surface area contributed by atoms with Gasteiger partial charge in [-0.2, -0.15) is 0 Å². The van der Waals surface area contributed by atoms with E-state index in [9.17, 15) is 0 Å². The third-order valence-electron chi connectivity index (χ3n) is 4.54. The van der Waals surface area contributed by atoms with Gasteiger partial charge in [-0.1, -0.05) is 119 Å². The van der Waals surface area contributed by atoms with Gasteiger partial charge in [-0.05, 0) is 0 Å². The third-order valence-corrected chi connectivity index (χ3v) is 10.1. The molecule has 0 bridgehead atoms. The van der Waals surface area contributed by atoms with Crippen molar-refractivity contribution in [2.75, 3.05) is 0 Å². The van der Waals surface area contributed by atoms with Gasteiger partial charge in [-0.25, -0.2) is 0 Å². The van der Waals surface area contributed by atoms with Crippen molar-refractivity contribution in [3.05, 3.63) is 84.9 Å². The summed E-state index contributed by atoms with van der Waals surface area (Å²) in [7, 11) is -2.06. The molecule has 2 heteroatoms. The van der Waals surface area contributed by atoms with Crippen molar-refractivity contribution in [2.45, 2.75) is 13.1 Å². The molecule has 0 spiro atoms. The SMILES string of the molecule is C[SiH](c1ccccc1)c1ccc([SiH](C)c2ccccc2)cc1. The molecule has 0 saturated heterocycles. The van der Waals surface area contributed by atoms with Crippen molar-refractivity contribution in [2.24, 2.45) is 0 Å². The van der Waals surface area contributed by atoms with Gasteiger partial charge in [0.2, 0.25) is 0 Å². The average Bonchev–Trinajstić information content (AvgIpc) is 2.62. The van der Waals surface area contributed by atoms with Crippen LogP contribution in [-0.4, -0.2) is 17.6 Å². The third kappa shape index (κ3) is 3.29. The van der Waals surface area contributed by atoms with E-state index in [1.165, 1.54) is 20.7 Å². The lowest BCUT2D eigenvalue weighted by atomic mass is 10.3. The molecule has 0 amide bonds. The molecular formula is C20H22Si2. The molecule has 0 heterocycles. The Labute approximate surface area is 136 Å². The Hall–Kier alpha value is -1.91. The Balaban J connectivity index is 1.81. The first-order valence-electron chi connectivity index (χ1n) is 7.95. The second-order valence-corrected chi connectivity index (χ2v) is 11.5. The van der Waals surface area contributed by atoms with E-state index in [0.29, 0.717) is 0 Å². The molecular weight excluding hydrogens is 296 g/mol. The van der Waals surface area contributed by atoms with Gasteiger partial charge in [0.25, 0.3) is 0 Å². The Morgan fingerprint density at radius 3 is 1.00 bits per heavy atom. The fourth-order valence-corrected chi connectivity index (χ4v) is 6.85. The zero-order valence-corrected chi connectivity index (χ0v) is 15.5. The maximum atomic E-state index is 2.42. The van der Waals surface area contributed by atoms with Crippen molar-refractivity contribution in [1.29, 1.82) is 0 Å². The topological polar surface area (TPSA) is 0 Å². The van der Waals surface area contributed by atoms with Crippen molar-refractivity contribution in [3.63, 3.8) is 0 Å². The van der Waals surface area contributed by atoms with Crippen LogP contribution in [0, 0.1) is 0 Å². The van der Waals surface area contributed by atoms with E-state index in [1.807, 2.05) is 0 Å². The molecule has 0 aliphatic heterocycles. The van der Waals surface area contributed by atoms with Crippen molar-refractivity contribution in [1.82, 2.24) is 0 Å². The van der Waals surface area contributed by atoms with E-state index < -0.39 is 17.6 Å². The maximum Gasteiger partial charge on any atom is 0.0997 e. The lowest BCUT2D eigenvalue weighted by molar-refractivity contribution is 1.72. The van der Waals surface area contributed by atoms with Crippen LogP contribution in [0.4, 0.5) is 0 Å². The summed E-state index contributed by atoms with van der Waals surface area (Å²) in [5.74, 6) is 0. The summed E-state index contributed by atoms with van der Waals surface area (Å²) >= 11 is 0. The van der Waals surface area contributed by atoms with E-state index in [2.05, 4.69) is 98.0 Å². The molecule has 2 atom stereocenters. The molecule has 2 unspecified atom stereocenters. The Kier molecular flexibility index (Phi) is 4.71. The van der Waals surface area contributed by atoms with Crippen LogP contribution >= 0.6 is 0 Å². The zero-order valence-electron chi connectivity index (χ0n) is 13.2. The van der Waals surface area contributed by atoms with E-state index in [4.69, 9.17) is 0 Å². The fourth-order valence-electron chi connectivity index (χ4n) is 2.94. The molecule has 0 saturated carbocycles. The lowest BCUT2D eigenvalue weighted by Crippen LogP contribution is -2.42. The van der Waals surface area contributed by atoms with Crippen LogP contribution in [0.3, 0.4) is 0 Å². The van der Waals surface area contributed by atoms with Crippen LogP contribution < -0.4 is 20.7 Å². The summed E-state index contributed by atoms with van der Waals surface area (Å²) in [6.45, 7) is 4.84. The van der Waals surface area contributed by atoms with E-state index in [1.54, 1.807) is 0 Å². The molecule has 3 rings (SSSR count). The zero-order chi connectivity index (χ0) is 15.4. The Morgan fingerprint density at radius 2 is 0.682 bits per heavy atom. The number of rotatable bonds is 4. The summed E-state index contributed by atoms with van der Waals surface area (Å²) in [5.41, 5.74) is 0. The van der Waals surface area contributed by atoms with Crippen molar-refractivity contribution >= 4 is 38.3 Å². The van der Waals surface area contributed by atoms with Gasteiger partial charge in [0.05, 0.1) is 17.6 Å². The van der Waals surface area contributed by atoms with Gasteiger partial charge < -0.3 is 0 Å². The fraction of sp³-hybridized carbons (Fsp3) is 0.100. The quantitative estimate of drug-likeness (QED) is 0.642. The summed E-state index contributed by atoms with van der Waals surface area (Å²) < 4.78 is 0. The van der Waals surface area contributed by atoms with E-state index in [0.717, 1.165) is 0 Å². The van der Waals surface area contributed by atoms with Gasteiger partial charge in [0, 0.05) is 0 Å². The van der Waals surface area contributed by atoms with Gasteiger partial charge in [0.15, 0.2) is 0 Å². The summed E-state index contributed by atoms with van der Waals surface area (Å²) in [6.07, 6.45) is 0. The van der Waals surface area contributed by atoms with Gasteiger partial charge in [-0.15, -0.1) is 0 Å². The van der Waals surface area contributed by atoms with Crippen molar-refractivity contribution < 1.29 is 0 Å². The number of hydrogen-bond acceptors (Lipinski definition) is 0. The van der Waals surface area contributed by atoms with Crippen LogP contribution in [0.5, 0.6) is 0 Å². The first kappa shape index (κ1) is 15.0. The molecule has 0 fully saturated rings. The number of hydrogen-bond donors (Lipinski definition) is 0. The minimum Gasteiger partial charge on any atom is -0.0642 e. The standard InChI is InChI=1S/C20H22Si2/c1-21(17-9-5-3-6-10-17)19-13-15-20(16-14-19)22(2)18-11-7-4-8-12-18/h3-16,21-22H,1-2H3. The van der Waals surface area contributed by atoms with Gasteiger partial charge in [0.1, 0.15) is 0 Å². The van der Waals surface area contributed by atoms with Crippen LogP contribution in [0.2, 0.25) is 13.1 Å². The normalized spacial score (nSPS) is 13.5. The lowest BCUT2D eigenvalue weighted by Gasteiger charge is -2.14. The van der Waals surface area contributed by atoms with Crippen LogP contribution in [0.15, 0.2) is 84.9 Å². The van der Waals surface area contributed by atoms with Crippen LogP contribution in [-0.2, 0) is 0 Å². The largest absolute Gasteiger partial charge is 0.0997 e. The summed E-state index contributed by atoms with van der Waals surface area (Å²) in [4.78, 5) is 0. The highest BCUT2D eigenvalue weighted by Crippen LogP contribution is 1.94. The molecule has 110 valence electrons. The second kappa shape index (κ2) is 6.90. The summed E-state index contributed by atoms with van der Waals surface area (Å²) in [5, 5.41) is 6.10. The molecule has 0 aliphatic rings. The highest BCUT2D eigenvalue weighted by molar-refractivity contribution is 6.85. The highest BCUT2D eigenvalue weighted by Gasteiger charge is 2.13. The minimum absolute atomic E-state index is 1.03. The molecule has 0 nitrogen and oxygen atoms in total. The monoisotopic (exact) mass is 318 g/mol. The minimum atomic E-state index is -1.03. The predicted molar refractivity (Wildman–Crippen MR) is 104 cm³/mol. The molecule has 0 N–H and O–H groups in total. The Bertz CT molecular complexity index is 641. The smallest absolute Gasteiger partial charge is 0.0642 e. The average molecular weight is 319 g/mol. The molecule has 22 heavy (non-hydrogen) atoms. The van der Waals surface area contributed by atoms with Crippen LogP contribution in [0.1, 0.15) is 0 Å². The molecule has 3 aromatic rings. The first-order valence-corrected chi connectivity index (χ1v) is 12.6.